The molecule has 2 atom stereocenters. The van der Waals surface area contributed by atoms with Crippen molar-refractivity contribution in [1.82, 2.24) is 9.80 Å². The number of alkyl halides is 3. The van der Waals surface area contributed by atoms with E-state index >= 15 is 0 Å². The zero-order valence-electron chi connectivity index (χ0n) is 14.6. The standard InChI is InChI=1S/C14H20N2O3S.C2HF3O2/c1-18-6-4-15-5-7-19-12-10-16(9-11(12)15)14(17)13-3-2-8-20-13;3-2(4,5)1(6)7/h2-3,8,11-12H,4-7,9-10H2,1H3;(H,6,7)/t11-,12+;/m1./s1. The summed E-state index contributed by atoms with van der Waals surface area (Å²) in [4.78, 5) is 26.4. The summed E-state index contributed by atoms with van der Waals surface area (Å²) in [7, 11) is 1.72. The number of ether oxygens (including phenoxy) is 2. The number of halogens is 3. The average molecular weight is 410 g/mol. The fourth-order valence-electron chi connectivity index (χ4n) is 2.97. The van der Waals surface area contributed by atoms with Gasteiger partial charge in [0.25, 0.3) is 5.91 Å². The number of carboxylic acids is 1. The molecule has 7 nitrogen and oxygen atoms in total. The number of thiophene rings is 1. The summed E-state index contributed by atoms with van der Waals surface area (Å²) in [5, 5.41) is 9.07. The van der Waals surface area contributed by atoms with Gasteiger partial charge in [0.15, 0.2) is 0 Å². The number of carboxylic acid groups (broad SMARTS) is 1. The molecule has 0 spiro atoms. The SMILES string of the molecule is COCCN1CCO[C@H]2CN(C(=O)c3cccs3)C[C@H]21.O=C(O)C(F)(F)F. The molecule has 152 valence electrons. The number of hydrogen-bond donors (Lipinski definition) is 1. The molecule has 3 heterocycles. The maximum atomic E-state index is 12.4. The third-order valence-electron chi connectivity index (χ3n) is 4.26. The number of carbonyl (C=O) groups is 2. The summed E-state index contributed by atoms with van der Waals surface area (Å²) < 4.78 is 42.7. The molecule has 0 unspecified atom stereocenters. The third-order valence-corrected chi connectivity index (χ3v) is 5.12. The fraction of sp³-hybridized carbons (Fsp3) is 0.625. The molecule has 2 fully saturated rings. The second-order valence-electron chi connectivity index (χ2n) is 6.00. The van der Waals surface area contributed by atoms with Gasteiger partial charge in [0, 0.05) is 33.3 Å². The lowest BCUT2D eigenvalue weighted by atomic mass is 10.1. The van der Waals surface area contributed by atoms with Gasteiger partial charge in [-0.3, -0.25) is 9.69 Å². The van der Waals surface area contributed by atoms with Crippen LogP contribution in [0, 0.1) is 0 Å². The van der Waals surface area contributed by atoms with Gasteiger partial charge in [-0.05, 0) is 11.4 Å². The number of nitrogens with zero attached hydrogens (tertiary/aromatic N) is 2. The van der Waals surface area contributed by atoms with Gasteiger partial charge in [0.05, 0.1) is 30.2 Å². The lowest BCUT2D eigenvalue weighted by molar-refractivity contribution is -0.192. The molecule has 1 N–H and O–H groups in total. The van der Waals surface area contributed by atoms with Crippen molar-refractivity contribution in [2.75, 3.05) is 46.5 Å². The first-order valence-electron chi connectivity index (χ1n) is 8.21. The van der Waals surface area contributed by atoms with E-state index in [-0.39, 0.29) is 12.0 Å². The van der Waals surface area contributed by atoms with Gasteiger partial charge in [0.1, 0.15) is 0 Å². The maximum absolute atomic E-state index is 12.4. The number of likely N-dealkylation sites (tertiary alicyclic amines) is 1. The van der Waals surface area contributed by atoms with E-state index in [2.05, 4.69) is 4.90 Å². The molecule has 3 rings (SSSR count). The van der Waals surface area contributed by atoms with E-state index in [1.807, 2.05) is 22.4 Å². The topological polar surface area (TPSA) is 79.3 Å². The normalized spacial score (nSPS) is 22.7. The van der Waals surface area contributed by atoms with Gasteiger partial charge < -0.3 is 19.5 Å². The molecule has 0 saturated carbocycles. The lowest BCUT2D eigenvalue weighted by Crippen LogP contribution is -2.51. The summed E-state index contributed by atoms with van der Waals surface area (Å²) in [6.45, 7) is 4.75. The van der Waals surface area contributed by atoms with Gasteiger partial charge in [-0.1, -0.05) is 6.07 Å². The Bertz CT molecular complexity index is 626. The Morgan fingerprint density at radius 2 is 2.11 bits per heavy atom. The van der Waals surface area contributed by atoms with E-state index in [4.69, 9.17) is 19.4 Å². The summed E-state index contributed by atoms with van der Waals surface area (Å²) in [6.07, 6.45) is -4.94. The van der Waals surface area contributed by atoms with Crippen molar-refractivity contribution >= 4 is 23.2 Å². The molecule has 2 aliphatic rings. The van der Waals surface area contributed by atoms with E-state index in [0.717, 1.165) is 37.7 Å². The van der Waals surface area contributed by atoms with Crippen LogP contribution < -0.4 is 0 Å². The van der Waals surface area contributed by atoms with Crippen molar-refractivity contribution < 1.29 is 37.3 Å². The number of aliphatic carboxylic acids is 1. The second kappa shape index (κ2) is 9.49. The highest BCUT2D eigenvalue weighted by atomic mass is 32.1. The van der Waals surface area contributed by atoms with Crippen molar-refractivity contribution in [3.63, 3.8) is 0 Å². The Labute approximate surface area is 158 Å². The highest BCUT2D eigenvalue weighted by molar-refractivity contribution is 7.12. The van der Waals surface area contributed by atoms with Gasteiger partial charge in [-0.2, -0.15) is 13.2 Å². The minimum atomic E-state index is -5.08. The molecule has 1 aromatic rings. The molecule has 11 heteroatoms. The number of methoxy groups -OCH3 is 1. The van der Waals surface area contributed by atoms with Crippen molar-refractivity contribution in [2.45, 2.75) is 18.3 Å². The second-order valence-corrected chi connectivity index (χ2v) is 6.94. The molecule has 1 amide bonds. The molecule has 0 aromatic carbocycles. The molecule has 2 aliphatic heterocycles. The van der Waals surface area contributed by atoms with Crippen LogP contribution in [0.2, 0.25) is 0 Å². The van der Waals surface area contributed by atoms with E-state index in [1.54, 1.807) is 7.11 Å². The largest absolute Gasteiger partial charge is 0.490 e. The number of fused-ring (bicyclic) bond motifs is 1. The van der Waals surface area contributed by atoms with Crippen LogP contribution in [0.4, 0.5) is 13.2 Å². The minimum absolute atomic E-state index is 0.129. The summed E-state index contributed by atoms with van der Waals surface area (Å²) >= 11 is 1.50. The van der Waals surface area contributed by atoms with E-state index in [1.165, 1.54) is 11.3 Å². The molecule has 1 aromatic heterocycles. The van der Waals surface area contributed by atoms with Crippen molar-refractivity contribution in [3.8, 4) is 0 Å². The van der Waals surface area contributed by atoms with Crippen molar-refractivity contribution in [3.05, 3.63) is 22.4 Å². The Morgan fingerprint density at radius 3 is 2.67 bits per heavy atom. The molecule has 0 radical (unpaired) electrons. The van der Waals surface area contributed by atoms with Gasteiger partial charge in [-0.25, -0.2) is 4.79 Å². The molecule has 2 saturated heterocycles. The zero-order valence-corrected chi connectivity index (χ0v) is 15.5. The van der Waals surface area contributed by atoms with Gasteiger partial charge >= 0.3 is 12.1 Å². The number of amides is 1. The summed E-state index contributed by atoms with van der Waals surface area (Å²) in [5.41, 5.74) is 0. The van der Waals surface area contributed by atoms with Crippen molar-refractivity contribution in [1.29, 1.82) is 0 Å². The monoisotopic (exact) mass is 410 g/mol. The van der Waals surface area contributed by atoms with Crippen LogP contribution in [0.25, 0.3) is 0 Å². The van der Waals surface area contributed by atoms with Crippen molar-refractivity contribution in [2.24, 2.45) is 0 Å². The number of rotatable bonds is 4. The predicted octanol–water partition coefficient (Wildman–Crippen LogP) is 1.55. The zero-order chi connectivity index (χ0) is 20.0. The maximum Gasteiger partial charge on any atom is 0.490 e. The lowest BCUT2D eigenvalue weighted by Gasteiger charge is -2.36. The highest BCUT2D eigenvalue weighted by Crippen LogP contribution is 2.25. The summed E-state index contributed by atoms with van der Waals surface area (Å²) in [5.74, 6) is -2.63. The molecular weight excluding hydrogens is 389 g/mol. The molecule has 0 aliphatic carbocycles. The van der Waals surface area contributed by atoms with Crippen LogP contribution in [-0.4, -0.2) is 91.6 Å². The first-order chi connectivity index (χ1) is 12.7. The Balaban J connectivity index is 0.000000321. The highest BCUT2D eigenvalue weighted by Gasteiger charge is 2.41. The quantitative estimate of drug-likeness (QED) is 0.812. The third kappa shape index (κ3) is 5.89. The minimum Gasteiger partial charge on any atom is -0.475 e. The smallest absolute Gasteiger partial charge is 0.475 e. The van der Waals surface area contributed by atoms with Crippen LogP contribution in [-0.2, 0) is 14.3 Å². The molecular formula is C16H21F3N2O5S. The average Bonchev–Trinajstić information content (AvgIpc) is 3.28. The van der Waals surface area contributed by atoms with Crippen LogP contribution in [0.3, 0.4) is 0 Å². The fourth-order valence-corrected chi connectivity index (χ4v) is 3.66. The van der Waals surface area contributed by atoms with Gasteiger partial charge in [-0.15, -0.1) is 11.3 Å². The molecule has 0 bridgehead atoms. The first-order valence-corrected chi connectivity index (χ1v) is 9.09. The van der Waals surface area contributed by atoms with Gasteiger partial charge in [0.2, 0.25) is 0 Å². The summed E-state index contributed by atoms with van der Waals surface area (Å²) in [6, 6.07) is 4.11. The van der Waals surface area contributed by atoms with E-state index in [9.17, 15) is 18.0 Å². The number of carbonyl (C=O) groups excluding carboxylic acids is 1. The van der Waals surface area contributed by atoms with Crippen LogP contribution in [0.5, 0.6) is 0 Å². The Hall–Kier alpha value is -1.69. The number of morpholine rings is 1. The first kappa shape index (κ1) is 21.6. The van der Waals surface area contributed by atoms with E-state index in [0.29, 0.717) is 12.6 Å². The van der Waals surface area contributed by atoms with E-state index < -0.39 is 12.1 Å². The van der Waals surface area contributed by atoms with Crippen LogP contribution in [0.1, 0.15) is 9.67 Å². The molecule has 27 heavy (non-hydrogen) atoms. The van der Waals surface area contributed by atoms with Crippen LogP contribution in [0.15, 0.2) is 17.5 Å². The van der Waals surface area contributed by atoms with Crippen LogP contribution >= 0.6 is 11.3 Å². The Morgan fingerprint density at radius 1 is 1.41 bits per heavy atom. The Kier molecular flexibility index (Phi) is 7.59. The predicted molar refractivity (Wildman–Crippen MR) is 90.9 cm³/mol. The number of hydrogen-bond acceptors (Lipinski definition) is 6.